The number of fused-ring (bicyclic) bond motifs is 2. The number of benzene rings is 3. The summed E-state index contributed by atoms with van der Waals surface area (Å²) in [7, 11) is 0. The maximum absolute atomic E-state index is 13.5. The zero-order valence-corrected chi connectivity index (χ0v) is 20.0. The van der Waals surface area contributed by atoms with E-state index >= 15 is 0 Å². The molecule has 1 aliphatic rings. The van der Waals surface area contributed by atoms with E-state index in [2.05, 4.69) is 33.1 Å². The van der Waals surface area contributed by atoms with Gasteiger partial charge in [-0.1, -0.05) is 60.2 Å². The van der Waals surface area contributed by atoms with Crippen molar-refractivity contribution in [1.82, 2.24) is 15.6 Å². The number of rotatable bonds is 6. The topological polar surface area (TPSA) is 86.0 Å². The number of hydrogen-bond acceptors (Lipinski definition) is 3. The van der Waals surface area contributed by atoms with E-state index in [0.717, 1.165) is 33.3 Å². The minimum Gasteiger partial charge on any atom is -0.361 e. The molecule has 1 aromatic heterocycles. The Balaban J connectivity index is 1.38. The second-order valence-electron chi connectivity index (χ2n) is 9.34. The van der Waals surface area contributed by atoms with Crippen LogP contribution in [0.4, 0.5) is 5.69 Å². The average molecular weight is 467 g/mol. The van der Waals surface area contributed by atoms with Crippen molar-refractivity contribution in [2.24, 2.45) is 0 Å². The number of aromatic amines is 1. The second-order valence-corrected chi connectivity index (χ2v) is 9.34. The van der Waals surface area contributed by atoms with Gasteiger partial charge in [0.25, 0.3) is 0 Å². The number of amides is 2. The highest BCUT2D eigenvalue weighted by atomic mass is 16.2. The van der Waals surface area contributed by atoms with Crippen molar-refractivity contribution < 1.29 is 9.59 Å². The molecule has 6 nitrogen and oxygen atoms in total. The standard InChI is InChI=1S/C29H30N4O2/c1-18-11-12-24(19(2)13-18)32-29(35)27(15-22-17-30-25-10-6-5-9-23(22)25)33-28(34)26-14-20-7-3-4-8-21(20)16-31-26/h3-13,17,26-27,30-31H,14-16H2,1-2H3,(H,32,35)(H,33,34)/t26-,27-/m1/s1. The van der Waals surface area contributed by atoms with Gasteiger partial charge in [-0.15, -0.1) is 0 Å². The maximum atomic E-state index is 13.5. The first-order chi connectivity index (χ1) is 17.0. The molecule has 0 radical (unpaired) electrons. The first kappa shape index (κ1) is 22.9. The zero-order valence-electron chi connectivity index (χ0n) is 20.0. The van der Waals surface area contributed by atoms with Gasteiger partial charge in [-0.3, -0.25) is 9.59 Å². The summed E-state index contributed by atoms with van der Waals surface area (Å²) in [4.78, 5) is 30.1. The van der Waals surface area contributed by atoms with E-state index in [1.807, 2.05) is 74.6 Å². The Morgan fingerprint density at radius 3 is 2.60 bits per heavy atom. The van der Waals surface area contributed by atoms with E-state index in [1.165, 1.54) is 11.1 Å². The monoisotopic (exact) mass is 466 g/mol. The summed E-state index contributed by atoms with van der Waals surface area (Å²) in [5.74, 6) is -0.396. The molecule has 5 rings (SSSR count). The number of nitrogens with one attached hydrogen (secondary N) is 4. The van der Waals surface area contributed by atoms with Crippen LogP contribution in [-0.2, 0) is 29.0 Å². The zero-order chi connectivity index (χ0) is 24.4. The van der Waals surface area contributed by atoms with Crippen LogP contribution < -0.4 is 16.0 Å². The van der Waals surface area contributed by atoms with Crippen LogP contribution in [0.3, 0.4) is 0 Å². The lowest BCUT2D eigenvalue weighted by Crippen LogP contribution is -2.53. The summed E-state index contributed by atoms with van der Waals surface area (Å²) in [6, 6.07) is 20.9. The molecule has 2 amide bonds. The number of aryl methyl sites for hydroxylation is 2. The molecule has 0 unspecified atom stereocenters. The van der Waals surface area contributed by atoms with Crippen molar-refractivity contribution in [2.45, 2.75) is 45.3 Å². The molecule has 6 heteroatoms. The van der Waals surface area contributed by atoms with Gasteiger partial charge in [-0.2, -0.15) is 0 Å². The quantitative estimate of drug-likeness (QED) is 0.344. The van der Waals surface area contributed by atoms with Crippen LogP contribution in [0.2, 0.25) is 0 Å². The van der Waals surface area contributed by atoms with Crippen LogP contribution in [0.1, 0.15) is 27.8 Å². The van der Waals surface area contributed by atoms with Crippen molar-refractivity contribution in [3.05, 3.63) is 101 Å². The van der Waals surface area contributed by atoms with Crippen molar-refractivity contribution in [3.63, 3.8) is 0 Å². The Morgan fingerprint density at radius 2 is 1.77 bits per heavy atom. The molecule has 0 aliphatic carbocycles. The molecule has 178 valence electrons. The summed E-state index contributed by atoms with van der Waals surface area (Å²) in [5, 5.41) is 10.5. The van der Waals surface area contributed by atoms with Crippen molar-refractivity contribution in [1.29, 1.82) is 0 Å². The predicted octanol–water partition coefficient (Wildman–Crippen LogP) is 4.17. The van der Waals surface area contributed by atoms with E-state index in [4.69, 9.17) is 0 Å². The molecule has 2 atom stereocenters. The number of H-pyrrole nitrogens is 1. The SMILES string of the molecule is Cc1ccc(NC(=O)[C@@H](Cc2c[nH]c3ccccc23)NC(=O)[C@H]2Cc3ccccc3CN2)c(C)c1. The van der Waals surface area contributed by atoms with Gasteiger partial charge in [0.15, 0.2) is 0 Å². The Hall–Kier alpha value is -3.90. The van der Waals surface area contributed by atoms with Crippen molar-refractivity contribution in [2.75, 3.05) is 5.32 Å². The number of carbonyl (C=O) groups excluding carboxylic acids is 2. The van der Waals surface area contributed by atoms with Crippen LogP contribution in [0.5, 0.6) is 0 Å². The number of hydrogen-bond donors (Lipinski definition) is 4. The van der Waals surface area contributed by atoms with Gasteiger partial charge in [0.05, 0.1) is 6.04 Å². The highest BCUT2D eigenvalue weighted by molar-refractivity contribution is 5.99. The van der Waals surface area contributed by atoms with Crippen LogP contribution >= 0.6 is 0 Å². The van der Waals surface area contributed by atoms with E-state index in [0.29, 0.717) is 19.4 Å². The molecule has 0 saturated carbocycles. The van der Waals surface area contributed by atoms with Crippen molar-refractivity contribution in [3.8, 4) is 0 Å². The molecule has 35 heavy (non-hydrogen) atoms. The highest BCUT2D eigenvalue weighted by Crippen LogP contribution is 2.22. The van der Waals surface area contributed by atoms with E-state index in [-0.39, 0.29) is 17.9 Å². The average Bonchev–Trinajstić information content (AvgIpc) is 3.27. The lowest BCUT2D eigenvalue weighted by Gasteiger charge is -2.27. The smallest absolute Gasteiger partial charge is 0.247 e. The Morgan fingerprint density at radius 1 is 1.00 bits per heavy atom. The third-order valence-corrected chi connectivity index (χ3v) is 6.77. The van der Waals surface area contributed by atoms with Gasteiger partial charge in [-0.05, 0) is 54.7 Å². The molecular formula is C29H30N4O2. The molecular weight excluding hydrogens is 436 g/mol. The normalized spacial score (nSPS) is 15.9. The number of aromatic nitrogens is 1. The molecule has 1 aliphatic heterocycles. The first-order valence-corrected chi connectivity index (χ1v) is 12.0. The second kappa shape index (κ2) is 9.76. The van der Waals surface area contributed by atoms with E-state index in [1.54, 1.807) is 0 Å². The fourth-order valence-electron chi connectivity index (χ4n) is 4.82. The van der Waals surface area contributed by atoms with Gasteiger partial charge >= 0.3 is 0 Å². The summed E-state index contributed by atoms with van der Waals surface area (Å²) in [5.41, 5.74) is 7.24. The molecule has 0 saturated heterocycles. The third-order valence-electron chi connectivity index (χ3n) is 6.77. The third kappa shape index (κ3) is 4.98. The summed E-state index contributed by atoms with van der Waals surface area (Å²) >= 11 is 0. The van der Waals surface area contributed by atoms with Gasteiger partial charge in [0.1, 0.15) is 6.04 Å². The minimum atomic E-state index is -0.721. The molecule has 0 spiro atoms. The van der Waals surface area contributed by atoms with Crippen LogP contribution in [-0.4, -0.2) is 28.9 Å². The number of para-hydroxylation sites is 1. The number of anilines is 1. The number of carbonyl (C=O) groups is 2. The fourth-order valence-corrected chi connectivity index (χ4v) is 4.82. The van der Waals surface area contributed by atoms with Gasteiger partial charge in [-0.25, -0.2) is 0 Å². The van der Waals surface area contributed by atoms with Gasteiger partial charge < -0.3 is 20.9 Å². The molecule has 4 aromatic rings. The minimum absolute atomic E-state index is 0.167. The lowest BCUT2D eigenvalue weighted by atomic mass is 9.95. The molecule has 4 N–H and O–H groups in total. The molecule has 0 bridgehead atoms. The van der Waals surface area contributed by atoms with Gasteiger partial charge in [0.2, 0.25) is 11.8 Å². The Kier molecular flexibility index (Phi) is 6.38. The predicted molar refractivity (Wildman–Crippen MR) is 139 cm³/mol. The van der Waals surface area contributed by atoms with Crippen LogP contribution in [0.25, 0.3) is 10.9 Å². The van der Waals surface area contributed by atoms with Crippen LogP contribution in [0, 0.1) is 13.8 Å². The molecule has 2 heterocycles. The summed E-state index contributed by atoms with van der Waals surface area (Å²) in [6.07, 6.45) is 2.90. The Bertz CT molecular complexity index is 1390. The lowest BCUT2D eigenvalue weighted by molar-refractivity contribution is -0.128. The van der Waals surface area contributed by atoms with E-state index in [9.17, 15) is 9.59 Å². The maximum Gasteiger partial charge on any atom is 0.247 e. The largest absolute Gasteiger partial charge is 0.361 e. The Labute approximate surface area is 205 Å². The highest BCUT2D eigenvalue weighted by Gasteiger charge is 2.29. The van der Waals surface area contributed by atoms with Crippen molar-refractivity contribution >= 4 is 28.4 Å². The van der Waals surface area contributed by atoms with Gasteiger partial charge in [0, 0.05) is 35.8 Å². The van der Waals surface area contributed by atoms with E-state index < -0.39 is 6.04 Å². The molecule has 3 aromatic carbocycles. The summed E-state index contributed by atoms with van der Waals surface area (Å²) < 4.78 is 0. The summed E-state index contributed by atoms with van der Waals surface area (Å²) in [6.45, 7) is 4.63. The fraction of sp³-hybridized carbons (Fsp3) is 0.241. The first-order valence-electron chi connectivity index (χ1n) is 12.0. The van der Waals surface area contributed by atoms with Crippen LogP contribution in [0.15, 0.2) is 72.9 Å². The molecule has 0 fully saturated rings.